The predicted molar refractivity (Wildman–Crippen MR) is 81.2 cm³/mol. The van der Waals surface area contributed by atoms with Crippen LogP contribution in [0.15, 0.2) is 36.4 Å². The van der Waals surface area contributed by atoms with E-state index in [1.165, 1.54) is 18.2 Å². The van der Waals surface area contributed by atoms with E-state index in [2.05, 4.69) is 17.2 Å². The van der Waals surface area contributed by atoms with Crippen molar-refractivity contribution >= 4 is 23.1 Å². The highest BCUT2D eigenvalue weighted by atomic mass is 35.5. The first-order valence-corrected chi connectivity index (χ1v) is 6.80. The zero-order chi connectivity index (χ0) is 15.2. The lowest BCUT2D eigenvalue weighted by Crippen LogP contribution is -2.02. The van der Waals surface area contributed by atoms with Gasteiger partial charge in [-0.25, -0.2) is 0 Å². The standard InChI is InChI=1S/C14H14ClN3O3/c1-2-8-16-13-4-3-5-14(17-13)21-12-9-10(18(19)20)6-7-11(12)15/h3-7,9H,2,8H2,1H3,(H,16,17). The van der Waals surface area contributed by atoms with Crippen molar-refractivity contribution < 1.29 is 9.66 Å². The number of nitrogens with one attached hydrogen (secondary N) is 1. The Morgan fingerprint density at radius 2 is 2.19 bits per heavy atom. The highest BCUT2D eigenvalue weighted by molar-refractivity contribution is 6.32. The van der Waals surface area contributed by atoms with Crippen LogP contribution in [-0.2, 0) is 0 Å². The molecule has 6 nitrogen and oxygen atoms in total. The summed E-state index contributed by atoms with van der Waals surface area (Å²) in [6.45, 7) is 2.85. The maximum atomic E-state index is 10.8. The van der Waals surface area contributed by atoms with Gasteiger partial charge in [0.05, 0.1) is 16.0 Å². The number of hydrogen-bond acceptors (Lipinski definition) is 5. The smallest absolute Gasteiger partial charge is 0.273 e. The summed E-state index contributed by atoms with van der Waals surface area (Å²) in [5.41, 5.74) is -0.0883. The Kier molecular flexibility index (Phi) is 4.94. The fourth-order valence-electron chi connectivity index (χ4n) is 1.62. The number of non-ortho nitro benzene ring substituents is 1. The maximum absolute atomic E-state index is 10.8. The average molecular weight is 308 g/mol. The molecule has 0 unspecified atom stereocenters. The Morgan fingerprint density at radius 1 is 1.38 bits per heavy atom. The van der Waals surface area contributed by atoms with Crippen molar-refractivity contribution in [3.8, 4) is 11.6 Å². The van der Waals surface area contributed by atoms with Gasteiger partial charge in [0, 0.05) is 18.7 Å². The largest absolute Gasteiger partial charge is 0.437 e. The molecule has 1 N–H and O–H groups in total. The molecule has 0 saturated carbocycles. The van der Waals surface area contributed by atoms with Gasteiger partial charge < -0.3 is 10.1 Å². The lowest BCUT2D eigenvalue weighted by molar-refractivity contribution is -0.384. The topological polar surface area (TPSA) is 77.3 Å². The maximum Gasteiger partial charge on any atom is 0.273 e. The number of pyridine rings is 1. The molecule has 0 saturated heterocycles. The van der Waals surface area contributed by atoms with Gasteiger partial charge in [-0.15, -0.1) is 0 Å². The van der Waals surface area contributed by atoms with Crippen LogP contribution in [0.3, 0.4) is 0 Å². The number of ether oxygens (including phenoxy) is 1. The first-order valence-electron chi connectivity index (χ1n) is 6.43. The average Bonchev–Trinajstić information content (AvgIpc) is 2.47. The SMILES string of the molecule is CCCNc1cccc(Oc2cc([N+](=O)[O-])ccc2Cl)n1. The summed E-state index contributed by atoms with van der Waals surface area (Å²) in [5, 5.41) is 14.2. The molecular weight excluding hydrogens is 294 g/mol. The van der Waals surface area contributed by atoms with Gasteiger partial charge in [-0.2, -0.15) is 4.98 Å². The molecule has 1 heterocycles. The summed E-state index contributed by atoms with van der Waals surface area (Å²) in [7, 11) is 0. The van der Waals surface area contributed by atoms with Gasteiger partial charge in [0.15, 0.2) is 5.75 Å². The number of aromatic nitrogens is 1. The van der Waals surface area contributed by atoms with Crippen molar-refractivity contribution in [1.82, 2.24) is 4.98 Å². The normalized spacial score (nSPS) is 10.2. The van der Waals surface area contributed by atoms with Crippen molar-refractivity contribution in [3.05, 3.63) is 51.5 Å². The Morgan fingerprint density at radius 3 is 2.90 bits per heavy atom. The minimum Gasteiger partial charge on any atom is -0.437 e. The molecule has 0 amide bonds. The molecule has 110 valence electrons. The number of nitrogens with zero attached hydrogens (tertiary/aromatic N) is 2. The van der Waals surface area contributed by atoms with Crippen LogP contribution in [0.2, 0.25) is 5.02 Å². The van der Waals surface area contributed by atoms with Crippen LogP contribution in [0.1, 0.15) is 13.3 Å². The second-order valence-electron chi connectivity index (χ2n) is 4.26. The van der Waals surface area contributed by atoms with E-state index >= 15 is 0 Å². The van der Waals surface area contributed by atoms with E-state index in [1.807, 2.05) is 6.07 Å². The van der Waals surface area contributed by atoms with E-state index in [4.69, 9.17) is 16.3 Å². The van der Waals surface area contributed by atoms with Gasteiger partial charge in [-0.05, 0) is 18.6 Å². The van der Waals surface area contributed by atoms with Gasteiger partial charge in [0.1, 0.15) is 5.82 Å². The molecule has 7 heteroatoms. The Labute approximate surface area is 126 Å². The van der Waals surface area contributed by atoms with Crippen molar-refractivity contribution in [2.24, 2.45) is 0 Å². The Balaban J connectivity index is 2.21. The van der Waals surface area contributed by atoms with E-state index in [0.29, 0.717) is 11.7 Å². The molecule has 0 aliphatic carbocycles. The molecule has 2 aromatic rings. The number of hydrogen-bond donors (Lipinski definition) is 1. The van der Waals surface area contributed by atoms with E-state index in [1.54, 1.807) is 12.1 Å². The molecule has 2 rings (SSSR count). The highest BCUT2D eigenvalue weighted by Crippen LogP contribution is 2.32. The summed E-state index contributed by atoms with van der Waals surface area (Å²) in [4.78, 5) is 14.5. The summed E-state index contributed by atoms with van der Waals surface area (Å²) >= 11 is 5.98. The molecule has 0 radical (unpaired) electrons. The molecule has 0 fully saturated rings. The second-order valence-corrected chi connectivity index (χ2v) is 4.67. The van der Waals surface area contributed by atoms with Gasteiger partial charge in [-0.1, -0.05) is 24.6 Å². The number of rotatable bonds is 6. The number of halogens is 1. The third-order valence-electron chi connectivity index (χ3n) is 2.62. The Bertz CT molecular complexity index is 649. The number of benzene rings is 1. The van der Waals surface area contributed by atoms with Crippen molar-refractivity contribution in [3.63, 3.8) is 0 Å². The van der Waals surface area contributed by atoms with Crippen LogP contribution in [0.4, 0.5) is 11.5 Å². The molecule has 0 spiro atoms. The first-order chi connectivity index (χ1) is 10.1. The molecule has 0 atom stereocenters. The van der Waals surface area contributed by atoms with Gasteiger partial charge in [-0.3, -0.25) is 10.1 Å². The molecule has 0 aliphatic heterocycles. The fourth-order valence-corrected chi connectivity index (χ4v) is 1.78. The van der Waals surface area contributed by atoms with Crippen molar-refractivity contribution in [2.75, 3.05) is 11.9 Å². The van der Waals surface area contributed by atoms with Gasteiger partial charge in [0.2, 0.25) is 5.88 Å². The monoisotopic (exact) mass is 307 g/mol. The van der Waals surface area contributed by atoms with Crippen LogP contribution in [-0.4, -0.2) is 16.5 Å². The zero-order valence-electron chi connectivity index (χ0n) is 11.4. The minimum absolute atomic E-state index is 0.0883. The summed E-state index contributed by atoms with van der Waals surface area (Å²) in [6.07, 6.45) is 0.976. The third-order valence-corrected chi connectivity index (χ3v) is 2.93. The second kappa shape index (κ2) is 6.90. The van der Waals surface area contributed by atoms with E-state index in [0.717, 1.165) is 13.0 Å². The highest BCUT2D eigenvalue weighted by Gasteiger charge is 2.12. The van der Waals surface area contributed by atoms with Crippen LogP contribution in [0.25, 0.3) is 0 Å². The number of anilines is 1. The lowest BCUT2D eigenvalue weighted by Gasteiger charge is -2.09. The van der Waals surface area contributed by atoms with Gasteiger partial charge in [0.25, 0.3) is 5.69 Å². The summed E-state index contributed by atoms with van der Waals surface area (Å²) < 4.78 is 5.53. The molecule has 0 bridgehead atoms. The minimum atomic E-state index is -0.504. The molecule has 1 aromatic carbocycles. The lowest BCUT2D eigenvalue weighted by atomic mass is 10.3. The van der Waals surface area contributed by atoms with E-state index in [-0.39, 0.29) is 16.5 Å². The number of nitro groups is 1. The third kappa shape index (κ3) is 4.06. The quantitative estimate of drug-likeness (QED) is 0.637. The van der Waals surface area contributed by atoms with Crippen LogP contribution in [0.5, 0.6) is 11.6 Å². The van der Waals surface area contributed by atoms with Crippen LogP contribution in [0, 0.1) is 10.1 Å². The van der Waals surface area contributed by atoms with Gasteiger partial charge >= 0.3 is 0 Å². The molecule has 1 aromatic heterocycles. The molecule has 21 heavy (non-hydrogen) atoms. The Hall–Kier alpha value is -2.34. The molecular formula is C14H14ClN3O3. The van der Waals surface area contributed by atoms with Crippen LogP contribution >= 0.6 is 11.6 Å². The fraction of sp³-hybridized carbons (Fsp3) is 0.214. The van der Waals surface area contributed by atoms with Crippen LogP contribution < -0.4 is 10.1 Å². The summed E-state index contributed by atoms with van der Waals surface area (Å²) in [5.74, 6) is 1.19. The van der Waals surface area contributed by atoms with E-state index in [9.17, 15) is 10.1 Å². The predicted octanol–water partition coefficient (Wildman–Crippen LogP) is 4.26. The number of nitro benzene ring substituents is 1. The zero-order valence-corrected chi connectivity index (χ0v) is 12.1. The summed E-state index contributed by atoms with van der Waals surface area (Å²) in [6, 6.07) is 9.28. The first kappa shape index (κ1) is 15.1. The van der Waals surface area contributed by atoms with Crippen molar-refractivity contribution in [2.45, 2.75) is 13.3 Å². The van der Waals surface area contributed by atoms with E-state index < -0.39 is 4.92 Å². The van der Waals surface area contributed by atoms with Crippen molar-refractivity contribution in [1.29, 1.82) is 0 Å². The molecule has 0 aliphatic rings.